The molecule has 0 fully saturated rings. The number of ketones is 2. The summed E-state index contributed by atoms with van der Waals surface area (Å²) in [7, 11) is 3.28. The van der Waals surface area contributed by atoms with Crippen molar-refractivity contribution < 1.29 is 85.6 Å². The van der Waals surface area contributed by atoms with Crippen molar-refractivity contribution in [2.75, 3.05) is 113 Å². The lowest BCUT2D eigenvalue weighted by Gasteiger charge is -2.20. The first-order valence-corrected chi connectivity index (χ1v) is 43.0. The van der Waals surface area contributed by atoms with E-state index in [0.717, 1.165) is 127 Å². The summed E-state index contributed by atoms with van der Waals surface area (Å²) in [6.45, 7) is 42.6. The second kappa shape index (κ2) is 64.1. The van der Waals surface area contributed by atoms with Gasteiger partial charge in [0.25, 0.3) is 0 Å². The number of esters is 4. The zero-order valence-electron chi connectivity index (χ0n) is 76.9. The third kappa shape index (κ3) is 65.9. The fourth-order valence-electron chi connectivity index (χ4n) is 10.8. The molecule has 0 saturated carbocycles. The summed E-state index contributed by atoms with van der Waals surface area (Å²) >= 11 is 0. The van der Waals surface area contributed by atoms with Gasteiger partial charge in [0.05, 0.1) is 60.5 Å². The van der Waals surface area contributed by atoms with Gasteiger partial charge in [-0.3, -0.25) is 9.59 Å². The van der Waals surface area contributed by atoms with E-state index in [0.29, 0.717) is 120 Å². The van der Waals surface area contributed by atoms with E-state index < -0.39 is 0 Å². The van der Waals surface area contributed by atoms with Crippen LogP contribution in [-0.4, -0.2) is 154 Å². The molecule has 19 heteroatoms. The number of fused-ring (bicyclic) bond motifs is 1. The van der Waals surface area contributed by atoms with Crippen molar-refractivity contribution in [1.82, 2.24) is 5.32 Å². The molecule has 0 aromatic heterocycles. The van der Waals surface area contributed by atoms with Crippen molar-refractivity contribution in [3.8, 4) is 23.0 Å². The van der Waals surface area contributed by atoms with Crippen molar-refractivity contribution in [2.24, 2.45) is 21.7 Å². The number of unbranched alkanes of at least 4 members (excludes halogenated alkanes) is 2. The summed E-state index contributed by atoms with van der Waals surface area (Å²) in [5, 5.41) is 3.36. The van der Waals surface area contributed by atoms with Gasteiger partial charge in [-0.15, -0.1) is 0 Å². The van der Waals surface area contributed by atoms with Crippen molar-refractivity contribution in [3.63, 3.8) is 0 Å². The summed E-state index contributed by atoms with van der Waals surface area (Å²) in [6, 6.07) is 38.5. The average Bonchev–Trinajstić information content (AvgIpc) is 0.844. The van der Waals surface area contributed by atoms with Crippen LogP contribution in [0.15, 0.2) is 188 Å². The Balaban J connectivity index is 0.000000518. The predicted molar refractivity (Wildman–Crippen MR) is 496 cm³/mol. The van der Waals surface area contributed by atoms with E-state index in [9.17, 15) is 28.8 Å². The van der Waals surface area contributed by atoms with Crippen LogP contribution in [0.5, 0.6) is 23.0 Å². The molecule has 1 aliphatic rings. The van der Waals surface area contributed by atoms with Crippen molar-refractivity contribution in [1.29, 1.82) is 0 Å². The first kappa shape index (κ1) is 108. The summed E-state index contributed by atoms with van der Waals surface area (Å²) in [6.07, 6.45) is 39.3. The maximum Gasteiger partial charge on any atom is 0.330 e. The summed E-state index contributed by atoms with van der Waals surface area (Å²) in [5.74, 6) is 2.03. The van der Waals surface area contributed by atoms with Crippen molar-refractivity contribution in [2.45, 2.75) is 200 Å². The van der Waals surface area contributed by atoms with Crippen LogP contribution in [0, 0.1) is 21.7 Å². The summed E-state index contributed by atoms with van der Waals surface area (Å²) in [5.41, 5.74) is 7.44. The molecule has 0 amide bonds. The van der Waals surface area contributed by atoms with Gasteiger partial charge in [0, 0.05) is 69.1 Å². The highest BCUT2D eigenvalue weighted by Gasteiger charge is 2.15. The molecule has 672 valence electrons. The maximum absolute atomic E-state index is 12.0. The number of hydrogen-bond donors (Lipinski definition) is 1. The molecule has 1 heterocycles. The van der Waals surface area contributed by atoms with Gasteiger partial charge in [-0.1, -0.05) is 229 Å². The molecule has 0 aliphatic carbocycles. The second-order valence-electron chi connectivity index (χ2n) is 35.0. The number of nitrogens with one attached hydrogen (secondary N) is 1. The number of rotatable bonds is 47. The first-order chi connectivity index (χ1) is 58.0. The molecule has 1 aliphatic heterocycles. The molecule has 0 unspecified atom stereocenters. The van der Waals surface area contributed by atoms with Gasteiger partial charge < -0.3 is 62.2 Å². The number of allylic oxidation sites excluding steroid dienone is 7. The molecule has 122 heavy (non-hydrogen) atoms. The van der Waals surface area contributed by atoms with Gasteiger partial charge in [-0.25, -0.2) is 19.2 Å². The Morgan fingerprint density at radius 1 is 0.352 bits per heavy atom. The zero-order chi connectivity index (χ0) is 90.2. The largest absolute Gasteiger partial charge is 0.497 e. The van der Waals surface area contributed by atoms with Crippen LogP contribution in [0.3, 0.4) is 0 Å². The monoisotopic (exact) mass is 1690 g/mol. The Labute approximate surface area is 732 Å². The smallest absolute Gasteiger partial charge is 0.330 e. The van der Waals surface area contributed by atoms with E-state index in [1.165, 1.54) is 24.3 Å². The maximum atomic E-state index is 12.0. The van der Waals surface area contributed by atoms with Gasteiger partial charge in [-0.05, 0) is 202 Å². The van der Waals surface area contributed by atoms with Gasteiger partial charge in [0.1, 0.15) is 43.7 Å². The van der Waals surface area contributed by atoms with Crippen LogP contribution in [0.1, 0.15) is 221 Å². The summed E-state index contributed by atoms with van der Waals surface area (Å²) in [4.78, 5) is 69.2. The van der Waals surface area contributed by atoms with Crippen LogP contribution in [0.2, 0.25) is 0 Å². The van der Waals surface area contributed by atoms with E-state index in [1.807, 2.05) is 152 Å². The van der Waals surface area contributed by atoms with Gasteiger partial charge in [0.15, 0.2) is 17.3 Å². The normalized spacial score (nSPS) is 12.4. The molecular formula is C103H147NO18. The number of benzene rings is 5. The molecule has 0 bridgehead atoms. The fourth-order valence-corrected chi connectivity index (χ4v) is 10.8. The number of carbonyl (C=O) groups is 6. The quantitative estimate of drug-likeness (QED) is 0.0126. The molecule has 19 nitrogen and oxygen atoms in total. The average molecular weight is 1690 g/mol. The van der Waals surface area contributed by atoms with Crippen LogP contribution >= 0.6 is 0 Å². The third-order valence-electron chi connectivity index (χ3n) is 17.3. The lowest BCUT2D eigenvalue weighted by Crippen LogP contribution is -2.38. The van der Waals surface area contributed by atoms with Crippen LogP contribution in [0.4, 0.5) is 0 Å². The fraction of sp³-hybridized carbons (Fsp3) is 0.495. The molecule has 6 rings (SSSR count). The Kier molecular flexibility index (Phi) is 56.9. The van der Waals surface area contributed by atoms with E-state index in [2.05, 4.69) is 109 Å². The standard InChI is InChI=1S/C22H33NO5.2C21H30O4.C20H28O3.C19H26O2/c1-22(2,3)23-10-12-26-14-13-25-11-4-5-19(24)8-6-18-7-9-20-21(17-18)28-16-15-27-20;1-17(22)16-19-8-6-18(7-9-19)10-11-20(23)25-15-14-24-13-5-12-21(2,3)4;1-21(2,3)14-7-15-24-16-17-25-20(22)9-6-5-8-18-10-12-19(23-4)13-11-18;1-20(2,3)15-7-8-16-23-19(21)10-6-5-9-17-11-13-18(22-4)14-12-17;1-19(2,3)15-9-10-16-21-18(20)14-8-7-13-17-11-5-4-6-12-17/h6-9,17,23H,4-5,10-16H2,1-3H3;6-11H,5,12-16H2,1-4H3;5-6,8-13H,7,14-17H2,1-4H3;5-6,9-14H,7-8,15-16H2,1-4H3;4-8,11-14H,9-10,15-16H2,1-3H3/b8-6+;11-10+;8-5+,9-6+;9-5+,10-6+;13-7+,14-8+. The minimum atomic E-state index is -0.383. The van der Waals surface area contributed by atoms with Crippen LogP contribution < -0.4 is 24.3 Å². The predicted octanol–water partition coefficient (Wildman–Crippen LogP) is 22.1. The molecule has 0 spiro atoms. The van der Waals surface area contributed by atoms with Crippen LogP contribution in [-0.2, 0) is 73.1 Å². The van der Waals surface area contributed by atoms with Gasteiger partial charge in [-0.2, -0.15) is 0 Å². The van der Waals surface area contributed by atoms with Gasteiger partial charge in [0.2, 0.25) is 0 Å². The van der Waals surface area contributed by atoms with Gasteiger partial charge >= 0.3 is 23.9 Å². The second-order valence-corrected chi connectivity index (χ2v) is 35.0. The van der Waals surface area contributed by atoms with E-state index in [4.69, 9.17) is 56.8 Å². The molecule has 1 N–H and O–H groups in total. The molecule has 0 atom stereocenters. The molecule has 0 radical (unpaired) electrons. The molecule has 5 aromatic rings. The first-order valence-electron chi connectivity index (χ1n) is 43.0. The van der Waals surface area contributed by atoms with E-state index in [-0.39, 0.29) is 54.2 Å². The van der Waals surface area contributed by atoms with Crippen LogP contribution in [0.25, 0.3) is 30.4 Å². The highest BCUT2D eigenvalue weighted by Crippen LogP contribution is 2.32. The zero-order valence-corrected chi connectivity index (χ0v) is 76.9. The number of ether oxygens (including phenoxy) is 12. The topological polar surface area (TPSA) is 225 Å². The number of Topliss-reactive ketones (excluding diaryl/α,β-unsaturated/α-hetero) is 1. The molecule has 0 saturated heterocycles. The van der Waals surface area contributed by atoms with Crippen molar-refractivity contribution in [3.05, 3.63) is 222 Å². The Bertz CT molecular complexity index is 3920. The third-order valence-corrected chi connectivity index (χ3v) is 17.3. The SMILES string of the molecule is CC(=O)Cc1ccc(/C=C/C(=O)OCCOCCCC(C)(C)C)cc1.CC(C)(C)CCCCOC(=O)/C=C/C=C/c1ccccc1.CC(C)(C)NCCOCCOCCCC(=O)/C=C/c1ccc2c(c1)OCCO2.COc1ccc(/C=C/C=C/C(=O)OCCCCC(C)(C)C)cc1.COc1ccc(/C=C/C=C/C(=O)OCCOCCCC(C)(C)C)cc1. The number of methoxy groups -OCH3 is 2. The minimum Gasteiger partial charge on any atom is -0.497 e. The minimum absolute atomic E-state index is 0.0861. The summed E-state index contributed by atoms with van der Waals surface area (Å²) < 4.78 is 63.6. The Morgan fingerprint density at radius 2 is 0.721 bits per heavy atom. The number of hydrogen-bond acceptors (Lipinski definition) is 19. The van der Waals surface area contributed by atoms with E-state index in [1.54, 1.807) is 63.7 Å². The lowest BCUT2D eigenvalue weighted by atomic mass is 9.90. The number of carbonyl (C=O) groups excluding carboxylic acids is 6. The molecule has 5 aromatic carbocycles. The lowest BCUT2D eigenvalue weighted by molar-refractivity contribution is -0.140. The highest BCUT2D eigenvalue weighted by molar-refractivity contribution is 5.93. The van der Waals surface area contributed by atoms with E-state index >= 15 is 0 Å². The Morgan fingerprint density at radius 3 is 1.16 bits per heavy atom. The highest BCUT2D eigenvalue weighted by atomic mass is 16.6. The Hall–Kier alpha value is -9.76. The van der Waals surface area contributed by atoms with Crippen molar-refractivity contribution >= 4 is 65.8 Å². The molecular weight excluding hydrogens is 1540 g/mol.